The highest BCUT2D eigenvalue weighted by atomic mass is 15.0. The second kappa shape index (κ2) is 21.8. The number of hydrogen-bond acceptors (Lipinski definition) is 0. The Bertz CT molecular complexity index is 5000. The molecule has 0 saturated heterocycles. The van der Waals surface area contributed by atoms with E-state index >= 15 is 0 Å². The lowest BCUT2D eigenvalue weighted by molar-refractivity contribution is 0.590. The summed E-state index contributed by atoms with van der Waals surface area (Å²) >= 11 is 0. The summed E-state index contributed by atoms with van der Waals surface area (Å²) in [5.74, 6) is 0. The standard InChI is InChI=1S/C90H80N2/c1-87(2,3)67-41-45-73-79(55-67)85(63-35-31-59(32-36-63)57-23-27-61(28-24-57)65-39-47-81-75(51-65)77-53-69(89(7,8)9)43-49-83(77)91(81)71-19-15-13-16-20-71)74-46-42-68(88(4,5)6)56-80(74)86(73)64-37-33-60(34-38-64)58-25-29-62(30-26-58)66-40-48-82-76(52-66)78-54-70(90(10,11)12)44-50-84(78)92(82)72-21-17-14-18-22-72/h13-56H,1-12H3. The molecule has 0 aliphatic carbocycles. The van der Waals surface area contributed by atoms with Crippen molar-refractivity contribution in [2.45, 2.75) is 105 Å². The minimum atomic E-state index is -0.0435. The number of benzene rings is 13. The smallest absolute Gasteiger partial charge is 0.0541 e. The maximum Gasteiger partial charge on any atom is 0.0541 e. The first kappa shape index (κ1) is 58.4. The van der Waals surface area contributed by atoms with E-state index in [1.54, 1.807) is 0 Å². The third-order valence-electron chi connectivity index (χ3n) is 19.6. The largest absolute Gasteiger partial charge is 0.309 e. The van der Waals surface area contributed by atoms with E-state index in [-0.39, 0.29) is 21.7 Å². The zero-order valence-corrected chi connectivity index (χ0v) is 55.3. The third kappa shape index (κ3) is 10.3. The van der Waals surface area contributed by atoms with Gasteiger partial charge in [0.1, 0.15) is 0 Å². The molecule has 0 atom stereocenters. The normalized spacial score (nSPS) is 12.6. The molecule has 15 rings (SSSR count). The minimum absolute atomic E-state index is 0.0384. The molecule has 0 bridgehead atoms. The second-order valence-electron chi connectivity index (χ2n) is 29.8. The van der Waals surface area contributed by atoms with Crippen LogP contribution >= 0.6 is 0 Å². The first-order valence-electron chi connectivity index (χ1n) is 32.9. The van der Waals surface area contributed by atoms with Gasteiger partial charge >= 0.3 is 0 Å². The predicted octanol–water partition coefficient (Wildman–Crippen LogP) is 25.4. The fourth-order valence-corrected chi connectivity index (χ4v) is 14.2. The monoisotopic (exact) mass is 1190 g/mol. The fourth-order valence-electron chi connectivity index (χ4n) is 14.2. The molecule has 0 unspecified atom stereocenters. The number of nitrogens with zero attached hydrogens (tertiary/aromatic N) is 2. The van der Waals surface area contributed by atoms with Gasteiger partial charge in [-0.05, 0) is 217 Å². The van der Waals surface area contributed by atoms with Gasteiger partial charge in [0, 0.05) is 32.9 Å². The quantitative estimate of drug-likeness (QED) is 0.134. The second-order valence-corrected chi connectivity index (χ2v) is 29.8. The van der Waals surface area contributed by atoms with Gasteiger partial charge in [0.05, 0.1) is 22.1 Å². The van der Waals surface area contributed by atoms with Gasteiger partial charge in [0.25, 0.3) is 0 Å². The highest BCUT2D eigenvalue weighted by Crippen LogP contribution is 2.48. The first-order chi connectivity index (χ1) is 44.1. The Hall–Kier alpha value is -10.0. The molecule has 0 spiro atoms. The van der Waals surface area contributed by atoms with Gasteiger partial charge in [-0.15, -0.1) is 0 Å². The highest BCUT2D eigenvalue weighted by molar-refractivity contribution is 6.22. The Labute approximate surface area is 543 Å². The van der Waals surface area contributed by atoms with Crippen molar-refractivity contribution in [1.82, 2.24) is 9.13 Å². The summed E-state index contributed by atoms with van der Waals surface area (Å²) in [7, 11) is 0. The van der Waals surface area contributed by atoms with Crippen molar-refractivity contribution in [3.8, 4) is 78.1 Å². The lowest BCUT2D eigenvalue weighted by Gasteiger charge is -2.25. The molecule has 13 aromatic carbocycles. The summed E-state index contributed by atoms with van der Waals surface area (Å²) in [6.45, 7) is 27.8. The van der Waals surface area contributed by atoms with Crippen LogP contribution in [-0.4, -0.2) is 9.13 Å². The molecule has 0 saturated carbocycles. The Morgan fingerprint density at radius 1 is 0.185 bits per heavy atom. The molecule has 0 aliphatic rings. The molecular weight excluding hydrogens is 1110 g/mol. The minimum Gasteiger partial charge on any atom is -0.309 e. The van der Waals surface area contributed by atoms with Gasteiger partial charge in [-0.2, -0.15) is 0 Å². The molecule has 0 aliphatic heterocycles. The molecule has 0 N–H and O–H groups in total. The van der Waals surface area contributed by atoms with Crippen LogP contribution in [0.2, 0.25) is 0 Å². The molecule has 2 heterocycles. The van der Waals surface area contributed by atoms with Crippen molar-refractivity contribution in [2.75, 3.05) is 0 Å². The van der Waals surface area contributed by atoms with Crippen molar-refractivity contribution < 1.29 is 0 Å². The molecule has 450 valence electrons. The summed E-state index contributed by atoms with van der Waals surface area (Å²) in [5, 5.41) is 10.2. The zero-order valence-electron chi connectivity index (χ0n) is 55.3. The highest BCUT2D eigenvalue weighted by Gasteiger charge is 2.25. The Balaban J connectivity index is 0.773. The molecule has 2 nitrogen and oxygen atoms in total. The van der Waals surface area contributed by atoms with E-state index in [1.807, 2.05) is 0 Å². The molecule has 92 heavy (non-hydrogen) atoms. The maximum absolute atomic E-state index is 2.48. The van der Waals surface area contributed by atoms with Crippen LogP contribution in [0.5, 0.6) is 0 Å². The van der Waals surface area contributed by atoms with Gasteiger partial charge in [0.2, 0.25) is 0 Å². The number of aromatic nitrogens is 2. The van der Waals surface area contributed by atoms with Crippen LogP contribution < -0.4 is 0 Å². The van der Waals surface area contributed by atoms with Crippen LogP contribution in [0.15, 0.2) is 267 Å². The van der Waals surface area contributed by atoms with E-state index in [0.717, 1.165) is 0 Å². The number of fused-ring (bicyclic) bond motifs is 8. The zero-order chi connectivity index (χ0) is 63.6. The molecule has 15 aromatic rings. The third-order valence-corrected chi connectivity index (χ3v) is 19.6. The average Bonchev–Trinajstić information content (AvgIpc) is 1.14. The van der Waals surface area contributed by atoms with Crippen molar-refractivity contribution in [3.05, 3.63) is 289 Å². The van der Waals surface area contributed by atoms with Gasteiger partial charge in [-0.3, -0.25) is 0 Å². The van der Waals surface area contributed by atoms with E-state index in [2.05, 4.69) is 359 Å². The van der Waals surface area contributed by atoms with E-state index < -0.39 is 0 Å². The SMILES string of the molecule is CC(C)(C)c1ccc2c(-c3ccc(-c4ccc(-c5ccc6c(c5)c5cc(C(C)(C)C)ccc5n6-c5ccccc5)cc4)cc3)c3cc(C(C)(C)C)ccc3c(-c3ccc(-c4ccc(-c5ccc6c(c5)c5cc(C(C)(C)C)ccc5n6-c5ccccc5)cc4)cc3)c2c1. The summed E-state index contributed by atoms with van der Waals surface area (Å²) in [5.41, 5.74) is 27.1. The summed E-state index contributed by atoms with van der Waals surface area (Å²) in [6, 6.07) is 101. The summed E-state index contributed by atoms with van der Waals surface area (Å²) in [4.78, 5) is 0. The van der Waals surface area contributed by atoms with Crippen LogP contribution in [0.1, 0.15) is 105 Å². The van der Waals surface area contributed by atoms with Crippen LogP contribution in [0.3, 0.4) is 0 Å². The van der Waals surface area contributed by atoms with Crippen molar-refractivity contribution in [2.24, 2.45) is 0 Å². The molecule has 2 aromatic heterocycles. The summed E-state index contributed by atoms with van der Waals surface area (Å²) in [6.07, 6.45) is 0. The Morgan fingerprint density at radius 2 is 0.413 bits per heavy atom. The van der Waals surface area contributed by atoms with Crippen LogP contribution in [0.25, 0.3) is 143 Å². The van der Waals surface area contributed by atoms with Gasteiger partial charge in [-0.1, -0.05) is 265 Å². The number of rotatable bonds is 8. The van der Waals surface area contributed by atoms with Crippen LogP contribution in [-0.2, 0) is 21.7 Å². The molecule has 0 fully saturated rings. The van der Waals surface area contributed by atoms with Crippen LogP contribution in [0.4, 0.5) is 0 Å². The van der Waals surface area contributed by atoms with E-state index in [4.69, 9.17) is 0 Å². The van der Waals surface area contributed by atoms with Gasteiger partial charge in [-0.25, -0.2) is 0 Å². The Kier molecular flexibility index (Phi) is 13.9. The van der Waals surface area contributed by atoms with Crippen molar-refractivity contribution in [1.29, 1.82) is 0 Å². The topological polar surface area (TPSA) is 9.86 Å². The Morgan fingerprint density at radius 3 is 0.707 bits per heavy atom. The fraction of sp³-hybridized carbons (Fsp3) is 0.178. The molecule has 0 amide bonds. The van der Waals surface area contributed by atoms with E-state index in [9.17, 15) is 0 Å². The molecule has 0 radical (unpaired) electrons. The van der Waals surface area contributed by atoms with Gasteiger partial charge in [0.15, 0.2) is 0 Å². The molecular formula is C90H80N2. The number of hydrogen-bond donors (Lipinski definition) is 0. The lowest BCUT2D eigenvalue weighted by Crippen LogP contribution is -2.11. The molecule has 2 heteroatoms. The predicted molar refractivity (Wildman–Crippen MR) is 398 cm³/mol. The lowest BCUT2D eigenvalue weighted by atomic mass is 9.79. The van der Waals surface area contributed by atoms with E-state index in [0.29, 0.717) is 0 Å². The first-order valence-corrected chi connectivity index (χ1v) is 32.9. The summed E-state index contributed by atoms with van der Waals surface area (Å²) < 4.78 is 4.82. The van der Waals surface area contributed by atoms with E-state index in [1.165, 1.54) is 166 Å². The van der Waals surface area contributed by atoms with Gasteiger partial charge < -0.3 is 9.13 Å². The van der Waals surface area contributed by atoms with Crippen molar-refractivity contribution in [3.63, 3.8) is 0 Å². The van der Waals surface area contributed by atoms with Crippen LogP contribution in [0, 0.1) is 0 Å². The number of para-hydroxylation sites is 2. The average molecular weight is 1190 g/mol. The van der Waals surface area contributed by atoms with Crippen molar-refractivity contribution >= 4 is 65.2 Å². The maximum atomic E-state index is 2.48.